The number of aromatic hydroxyl groups is 1. The van der Waals surface area contributed by atoms with Crippen LogP contribution in [0.2, 0.25) is 0 Å². The average molecular weight is 357 g/mol. The van der Waals surface area contributed by atoms with Crippen molar-refractivity contribution in [1.82, 2.24) is 9.97 Å². The zero-order valence-corrected chi connectivity index (χ0v) is 14.3. The molecule has 0 aliphatic heterocycles. The Bertz CT molecular complexity index is 1210. The van der Waals surface area contributed by atoms with Crippen LogP contribution in [0.4, 0.5) is 0 Å². The molecule has 0 fully saturated rings. The van der Waals surface area contributed by atoms with E-state index in [1.165, 1.54) is 6.33 Å². The highest BCUT2D eigenvalue weighted by molar-refractivity contribution is 5.84. The fourth-order valence-electron chi connectivity index (χ4n) is 2.97. The Labute approximate surface area is 154 Å². The number of H-pyrrole nitrogens is 1. The largest absolute Gasteiger partial charge is 0.502 e. The molecule has 0 radical (unpaired) electrons. The van der Waals surface area contributed by atoms with Crippen molar-refractivity contribution in [3.8, 4) is 23.1 Å². The van der Waals surface area contributed by atoms with E-state index < -0.39 is 5.56 Å². The van der Waals surface area contributed by atoms with Crippen LogP contribution in [0.1, 0.15) is 16.8 Å². The predicted molar refractivity (Wildman–Crippen MR) is 100 cm³/mol. The summed E-state index contributed by atoms with van der Waals surface area (Å²) >= 11 is 0. The summed E-state index contributed by atoms with van der Waals surface area (Å²) in [4.78, 5) is 17.7. The van der Waals surface area contributed by atoms with Gasteiger partial charge in [0.1, 0.15) is 11.3 Å². The van der Waals surface area contributed by atoms with Gasteiger partial charge in [0.05, 0.1) is 23.7 Å². The Morgan fingerprint density at radius 3 is 2.70 bits per heavy atom. The highest BCUT2D eigenvalue weighted by atomic mass is 16.3. The Morgan fingerprint density at radius 1 is 1.11 bits per heavy atom. The fraction of sp³-hybridized carbons (Fsp3) is 0.0952. The van der Waals surface area contributed by atoms with Gasteiger partial charge in [0.25, 0.3) is 5.56 Å². The second-order valence-corrected chi connectivity index (χ2v) is 6.20. The zero-order valence-electron chi connectivity index (χ0n) is 14.3. The average Bonchev–Trinajstić information content (AvgIpc) is 3.12. The van der Waals surface area contributed by atoms with E-state index in [0.29, 0.717) is 24.1 Å². The van der Waals surface area contributed by atoms with Gasteiger partial charge in [-0.2, -0.15) is 5.26 Å². The van der Waals surface area contributed by atoms with Crippen LogP contribution in [0.5, 0.6) is 5.75 Å². The quantitative estimate of drug-likeness (QED) is 0.581. The van der Waals surface area contributed by atoms with Crippen LogP contribution in [0.3, 0.4) is 0 Å². The van der Waals surface area contributed by atoms with Gasteiger partial charge >= 0.3 is 0 Å². The molecule has 0 atom stereocenters. The molecule has 0 saturated heterocycles. The minimum atomic E-state index is -0.528. The van der Waals surface area contributed by atoms with E-state index in [-0.39, 0.29) is 5.75 Å². The molecule has 6 nitrogen and oxygen atoms in total. The van der Waals surface area contributed by atoms with E-state index in [1.807, 2.05) is 30.3 Å². The number of fused-ring (bicyclic) bond motifs is 1. The lowest BCUT2D eigenvalue weighted by Crippen LogP contribution is -2.09. The topological polar surface area (TPSA) is 103 Å². The van der Waals surface area contributed by atoms with Gasteiger partial charge < -0.3 is 14.5 Å². The van der Waals surface area contributed by atoms with Crippen LogP contribution < -0.4 is 5.56 Å². The predicted octanol–water partition coefficient (Wildman–Crippen LogP) is 3.55. The van der Waals surface area contributed by atoms with Crippen molar-refractivity contribution in [2.24, 2.45) is 0 Å². The number of aromatic nitrogens is 2. The second-order valence-electron chi connectivity index (χ2n) is 6.20. The fourth-order valence-corrected chi connectivity index (χ4v) is 2.97. The first-order valence-corrected chi connectivity index (χ1v) is 8.42. The summed E-state index contributed by atoms with van der Waals surface area (Å²) in [5.41, 5.74) is 3.19. The summed E-state index contributed by atoms with van der Waals surface area (Å²) in [6.07, 6.45) is 2.41. The molecule has 2 heterocycles. The van der Waals surface area contributed by atoms with E-state index in [2.05, 4.69) is 16.0 Å². The van der Waals surface area contributed by atoms with E-state index in [0.717, 1.165) is 27.9 Å². The second kappa shape index (κ2) is 6.81. The first kappa shape index (κ1) is 16.6. The SMILES string of the molecule is N#Cc1ccc2oc(-c3ccc(CCc4nc[nH]c(=O)c4O)cc3)cc2c1. The first-order valence-electron chi connectivity index (χ1n) is 8.42. The molecule has 0 spiro atoms. The van der Waals surface area contributed by atoms with Gasteiger partial charge in [-0.1, -0.05) is 24.3 Å². The molecular formula is C21H15N3O3. The number of nitriles is 1. The summed E-state index contributed by atoms with van der Waals surface area (Å²) in [5.74, 6) is 0.411. The standard InChI is InChI=1S/C21H15N3O3/c22-11-14-4-8-18-16(9-14)10-19(27-18)15-5-1-13(2-6-15)3-7-17-20(25)21(26)24-12-23-17/h1-2,4-6,8-10,12,25H,3,7H2,(H,23,24,26). The molecule has 2 N–H and O–H groups in total. The normalized spacial score (nSPS) is 10.8. The summed E-state index contributed by atoms with van der Waals surface area (Å²) < 4.78 is 5.86. The number of benzene rings is 2. The first-order chi connectivity index (χ1) is 13.1. The summed E-state index contributed by atoms with van der Waals surface area (Å²) in [6, 6.07) is 17.3. The number of furan rings is 1. The Hall–Kier alpha value is -3.85. The van der Waals surface area contributed by atoms with Gasteiger partial charge in [-0.05, 0) is 42.7 Å². The van der Waals surface area contributed by atoms with Gasteiger partial charge in [0, 0.05) is 10.9 Å². The van der Waals surface area contributed by atoms with E-state index in [4.69, 9.17) is 9.68 Å². The molecule has 0 aliphatic rings. The van der Waals surface area contributed by atoms with Crippen LogP contribution in [0, 0.1) is 11.3 Å². The molecule has 132 valence electrons. The number of hydrogen-bond donors (Lipinski definition) is 2. The number of nitrogens with one attached hydrogen (secondary N) is 1. The lowest BCUT2D eigenvalue weighted by atomic mass is 10.0. The number of aromatic amines is 1. The third-order valence-electron chi connectivity index (χ3n) is 4.44. The van der Waals surface area contributed by atoms with Crippen molar-refractivity contribution < 1.29 is 9.52 Å². The van der Waals surface area contributed by atoms with Crippen molar-refractivity contribution in [1.29, 1.82) is 5.26 Å². The monoisotopic (exact) mass is 357 g/mol. The van der Waals surface area contributed by atoms with Gasteiger partial charge in [-0.25, -0.2) is 4.98 Å². The molecule has 0 saturated carbocycles. The molecule has 0 unspecified atom stereocenters. The zero-order chi connectivity index (χ0) is 18.8. The van der Waals surface area contributed by atoms with Gasteiger partial charge in [-0.15, -0.1) is 0 Å². The van der Waals surface area contributed by atoms with Gasteiger partial charge in [0.2, 0.25) is 5.75 Å². The number of hydrogen-bond acceptors (Lipinski definition) is 5. The Balaban J connectivity index is 1.53. The Kier molecular flexibility index (Phi) is 4.19. The molecule has 0 amide bonds. The van der Waals surface area contributed by atoms with Crippen LogP contribution in [0.15, 0.2) is 64.1 Å². The van der Waals surface area contributed by atoms with Crippen molar-refractivity contribution in [2.45, 2.75) is 12.8 Å². The molecule has 4 rings (SSSR count). The smallest absolute Gasteiger partial charge is 0.293 e. The molecule has 0 aliphatic carbocycles. The van der Waals surface area contributed by atoms with Crippen LogP contribution >= 0.6 is 0 Å². The summed E-state index contributed by atoms with van der Waals surface area (Å²) in [7, 11) is 0. The number of nitrogens with zero attached hydrogens (tertiary/aromatic N) is 2. The molecule has 27 heavy (non-hydrogen) atoms. The lowest BCUT2D eigenvalue weighted by molar-refractivity contribution is 0.454. The van der Waals surface area contributed by atoms with Crippen molar-refractivity contribution >= 4 is 11.0 Å². The van der Waals surface area contributed by atoms with E-state index >= 15 is 0 Å². The maximum Gasteiger partial charge on any atom is 0.293 e. The van der Waals surface area contributed by atoms with Crippen molar-refractivity contribution in [2.75, 3.05) is 0 Å². The maximum atomic E-state index is 11.4. The maximum absolute atomic E-state index is 11.4. The molecule has 2 aromatic heterocycles. The van der Waals surface area contributed by atoms with Crippen molar-refractivity contribution in [3.63, 3.8) is 0 Å². The van der Waals surface area contributed by atoms with Crippen LogP contribution in [0.25, 0.3) is 22.3 Å². The van der Waals surface area contributed by atoms with Crippen molar-refractivity contribution in [3.05, 3.63) is 82.0 Å². The van der Waals surface area contributed by atoms with E-state index in [9.17, 15) is 9.90 Å². The number of aryl methyl sites for hydroxylation is 2. The third-order valence-corrected chi connectivity index (χ3v) is 4.44. The van der Waals surface area contributed by atoms with Crippen LogP contribution in [-0.4, -0.2) is 15.1 Å². The molecule has 0 bridgehead atoms. The summed E-state index contributed by atoms with van der Waals surface area (Å²) in [5, 5.41) is 19.6. The van der Waals surface area contributed by atoms with E-state index in [1.54, 1.807) is 18.2 Å². The highest BCUT2D eigenvalue weighted by Gasteiger charge is 2.09. The molecule has 4 aromatic rings. The third kappa shape index (κ3) is 3.31. The lowest BCUT2D eigenvalue weighted by Gasteiger charge is -2.04. The minimum Gasteiger partial charge on any atom is -0.502 e. The Morgan fingerprint density at radius 2 is 1.93 bits per heavy atom. The minimum absolute atomic E-state index is 0.326. The molecule has 6 heteroatoms. The number of rotatable bonds is 4. The van der Waals surface area contributed by atoms with Gasteiger partial charge in [0.15, 0.2) is 0 Å². The molecular weight excluding hydrogens is 342 g/mol. The van der Waals surface area contributed by atoms with Crippen LogP contribution in [-0.2, 0) is 12.8 Å². The molecule has 2 aromatic carbocycles. The van der Waals surface area contributed by atoms with Gasteiger partial charge in [-0.3, -0.25) is 4.79 Å². The summed E-state index contributed by atoms with van der Waals surface area (Å²) in [6.45, 7) is 0. The highest BCUT2D eigenvalue weighted by Crippen LogP contribution is 2.28.